The van der Waals surface area contributed by atoms with Crippen molar-refractivity contribution in [2.24, 2.45) is 0 Å². The summed E-state index contributed by atoms with van der Waals surface area (Å²) in [5.41, 5.74) is 0. The molecule has 92 valence electrons. The molecule has 0 aliphatic rings. The molecular formula is C8H16N4O2S2. The minimum atomic E-state index is -3.07. The van der Waals surface area contributed by atoms with Crippen molar-refractivity contribution < 1.29 is 8.42 Å². The fourth-order valence-electron chi connectivity index (χ4n) is 1.01. The molecule has 1 rings (SSSR count). The molecule has 8 heteroatoms. The van der Waals surface area contributed by atoms with Gasteiger partial charge in [-0.2, -0.15) is 4.37 Å². The Hall–Kier alpha value is -0.730. The van der Waals surface area contributed by atoms with Crippen LogP contribution in [0.1, 0.15) is 19.2 Å². The number of hydrogen-bond donors (Lipinski definition) is 2. The molecule has 0 saturated heterocycles. The zero-order valence-electron chi connectivity index (χ0n) is 9.36. The van der Waals surface area contributed by atoms with Crippen LogP contribution in [0, 0.1) is 0 Å². The summed E-state index contributed by atoms with van der Waals surface area (Å²) in [4.78, 5) is 4.23. The molecule has 0 radical (unpaired) electrons. The van der Waals surface area contributed by atoms with Crippen molar-refractivity contribution in [3.8, 4) is 0 Å². The van der Waals surface area contributed by atoms with Crippen molar-refractivity contribution in [3.63, 3.8) is 0 Å². The SMILES string of the molecule is CCc1nsc(NCCCNS(C)(=O)=O)n1. The molecule has 0 bridgehead atoms. The first-order valence-corrected chi connectivity index (χ1v) is 7.69. The minimum Gasteiger partial charge on any atom is -0.360 e. The van der Waals surface area contributed by atoms with E-state index in [0.717, 1.165) is 23.6 Å². The fourth-order valence-corrected chi connectivity index (χ4v) is 2.20. The Kier molecular flexibility index (Phi) is 5.10. The Morgan fingerprint density at radius 1 is 1.38 bits per heavy atom. The molecule has 0 saturated carbocycles. The smallest absolute Gasteiger partial charge is 0.208 e. The molecule has 0 aliphatic carbocycles. The van der Waals surface area contributed by atoms with Crippen molar-refractivity contribution in [1.82, 2.24) is 14.1 Å². The Morgan fingerprint density at radius 3 is 2.69 bits per heavy atom. The van der Waals surface area contributed by atoms with Crippen LogP contribution < -0.4 is 10.0 Å². The van der Waals surface area contributed by atoms with Crippen molar-refractivity contribution in [1.29, 1.82) is 0 Å². The molecular weight excluding hydrogens is 248 g/mol. The van der Waals surface area contributed by atoms with Gasteiger partial charge < -0.3 is 5.32 Å². The van der Waals surface area contributed by atoms with E-state index < -0.39 is 10.0 Å². The van der Waals surface area contributed by atoms with Gasteiger partial charge in [0.2, 0.25) is 15.2 Å². The van der Waals surface area contributed by atoms with Gasteiger partial charge in [-0.1, -0.05) is 6.92 Å². The average molecular weight is 264 g/mol. The summed E-state index contributed by atoms with van der Waals surface area (Å²) in [5.74, 6) is 0.835. The highest BCUT2D eigenvalue weighted by Gasteiger charge is 2.01. The van der Waals surface area contributed by atoms with Crippen LogP contribution in [0.4, 0.5) is 5.13 Å². The van der Waals surface area contributed by atoms with Crippen molar-refractivity contribution >= 4 is 26.7 Å². The van der Waals surface area contributed by atoms with Crippen LogP contribution in [-0.4, -0.2) is 37.1 Å². The van der Waals surface area contributed by atoms with E-state index in [0.29, 0.717) is 19.5 Å². The van der Waals surface area contributed by atoms with E-state index in [9.17, 15) is 8.42 Å². The molecule has 1 aromatic heterocycles. The van der Waals surface area contributed by atoms with Crippen LogP contribution >= 0.6 is 11.5 Å². The van der Waals surface area contributed by atoms with Gasteiger partial charge in [0.25, 0.3) is 0 Å². The van der Waals surface area contributed by atoms with Gasteiger partial charge in [0.1, 0.15) is 5.82 Å². The molecule has 1 heterocycles. The maximum absolute atomic E-state index is 10.8. The first-order chi connectivity index (χ1) is 7.51. The summed E-state index contributed by atoms with van der Waals surface area (Å²) in [5, 5.41) is 3.88. The zero-order valence-corrected chi connectivity index (χ0v) is 11.0. The van der Waals surface area contributed by atoms with Crippen LogP contribution in [0.3, 0.4) is 0 Å². The molecule has 0 aliphatic heterocycles. The molecule has 0 unspecified atom stereocenters. The average Bonchev–Trinajstić information content (AvgIpc) is 2.63. The summed E-state index contributed by atoms with van der Waals surface area (Å²) >= 11 is 1.33. The summed E-state index contributed by atoms with van der Waals surface area (Å²) in [7, 11) is -3.07. The van der Waals surface area contributed by atoms with Crippen LogP contribution in [0.2, 0.25) is 0 Å². The highest BCUT2D eigenvalue weighted by atomic mass is 32.2. The summed E-state index contributed by atoms with van der Waals surface area (Å²) < 4.78 is 28.1. The molecule has 2 N–H and O–H groups in total. The number of nitrogens with one attached hydrogen (secondary N) is 2. The van der Waals surface area contributed by atoms with E-state index in [1.54, 1.807) is 0 Å². The third-order valence-corrected chi connectivity index (χ3v) is 3.22. The molecule has 0 atom stereocenters. The van der Waals surface area contributed by atoms with Gasteiger partial charge in [-0.05, 0) is 6.42 Å². The number of sulfonamides is 1. The molecule has 16 heavy (non-hydrogen) atoms. The summed E-state index contributed by atoms with van der Waals surface area (Å²) in [6, 6.07) is 0. The summed E-state index contributed by atoms with van der Waals surface area (Å²) in [6.07, 6.45) is 2.70. The maximum atomic E-state index is 10.8. The number of aryl methyl sites for hydroxylation is 1. The van der Waals surface area contributed by atoms with Gasteiger partial charge in [-0.15, -0.1) is 0 Å². The summed E-state index contributed by atoms with van der Waals surface area (Å²) in [6.45, 7) is 3.12. The lowest BCUT2D eigenvalue weighted by molar-refractivity contribution is 0.586. The maximum Gasteiger partial charge on any atom is 0.208 e. The third-order valence-electron chi connectivity index (χ3n) is 1.78. The van der Waals surface area contributed by atoms with E-state index in [-0.39, 0.29) is 0 Å². The standard InChI is InChI=1S/C8H16N4O2S2/c1-3-7-11-8(15-12-7)9-5-4-6-10-16(2,13)14/h10H,3-6H2,1-2H3,(H,9,11,12). The normalized spacial score (nSPS) is 11.6. The Bertz CT molecular complexity index is 415. The predicted octanol–water partition coefficient (Wildman–Crippen LogP) is 0.452. The Morgan fingerprint density at radius 2 is 2.12 bits per heavy atom. The minimum absolute atomic E-state index is 0.436. The monoisotopic (exact) mass is 264 g/mol. The van der Waals surface area contributed by atoms with E-state index >= 15 is 0 Å². The van der Waals surface area contributed by atoms with Crippen LogP contribution in [0.5, 0.6) is 0 Å². The lowest BCUT2D eigenvalue weighted by atomic mass is 10.4. The van der Waals surface area contributed by atoms with Gasteiger partial charge in [-0.3, -0.25) is 0 Å². The third kappa shape index (κ3) is 5.38. The Labute approximate surface area is 99.7 Å². The van der Waals surface area contributed by atoms with Gasteiger partial charge in [0.15, 0.2) is 0 Å². The van der Waals surface area contributed by atoms with Crippen molar-refractivity contribution in [3.05, 3.63) is 5.82 Å². The highest BCUT2D eigenvalue weighted by molar-refractivity contribution is 7.88. The topological polar surface area (TPSA) is 84.0 Å². The lowest BCUT2D eigenvalue weighted by Gasteiger charge is -2.02. The quantitative estimate of drug-likeness (QED) is 0.699. The predicted molar refractivity (Wildman–Crippen MR) is 65.2 cm³/mol. The molecule has 0 fully saturated rings. The molecule has 0 aromatic carbocycles. The van der Waals surface area contributed by atoms with Gasteiger partial charge >= 0.3 is 0 Å². The number of rotatable bonds is 7. The fraction of sp³-hybridized carbons (Fsp3) is 0.750. The van der Waals surface area contributed by atoms with Gasteiger partial charge in [-0.25, -0.2) is 18.1 Å². The Balaban J connectivity index is 2.16. The van der Waals surface area contributed by atoms with Crippen LogP contribution in [0.15, 0.2) is 0 Å². The van der Waals surface area contributed by atoms with Gasteiger partial charge in [0, 0.05) is 31.0 Å². The number of aromatic nitrogens is 2. The van der Waals surface area contributed by atoms with E-state index in [4.69, 9.17) is 0 Å². The first kappa shape index (κ1) is 13.3. The van der Waals surface area contributed by atoms with Crippen molar-refractivity contribution in [2.45, 2.75) is 19.8 Å². The molecule has 0 spiro atoms. The number of nitrogens with zero attached hydrogens (tertiary/aromatic N) is 2. The van der Waals surface area contributed by atoms with E-state index in [1.807, 2.05) is 6.92 Å². The largest absolute Gasteiger partial charge is 0.360 e. The number of hydrogen-bond acceptors (Lipinski definition) is 6. The molecule has 0 amide bonds. The second-order valence-electron chi connectivity index (χ2n) is 3.32. The zero-order chi connectivity index (χ0) is 12.0. The van der Waals surface area contributed by atoms with Crippen LogP contribution in [-0.2, 0) is 16.4 Å². The molecule has 6 nitrogen and oxygen atoms in total. The number of anilines is 1. The first-order valence-electron chi connectivity index (χ1n) is 5.02. The second kappa shape index (κ2) is 6.12. The van der Waals surface area contributed by atoms with E-state index in [1.165, 1.54) is 11.5 Å². The van der Waals surface area contributed by atoms with Gasteiger partial charge in [0.05, 0.1) is 6.26 Å². The second-order valence-corrected chi connectivity index (χ2v) is 5.90. The van der Waals surface area contributed by atoms with E-state index in [2.05, 4.69) is 19.4 Å². The van der Waals surface area contributed by atoms with Crippen molar-refractivity contribution in [2.75, 3.05) is 24.7 Å². The lowest BCUT2D eigenvalue weighted by Crippen LogP contribution is -2.24. The molecule has 1 aromatic rings. The van der Waals surface area contributed by atoms with Crippen LogP contribution in [0.25, 0.3) is 0 Å². The highest BCUT2D eigenvalue weighted by Crippen LogP contribution is 2.10.